The Morgan fingerprint density at radius 2 is 2.12 bits per heavy atom. The normalized spacial score (nSPS) is 9.75. The molecule has 0 spiro atoms. The minimum atomic E-state index is 0.444. The molecule has 4 heteroatoms. The molecule has 0 fully saturated rings. The van der Waals surface area contributed by atoms with Crippen molar-refractivity contribution in [2.45, 2.75) is 13.3 Å². The fourth-order valence-electron chi connectivity index (χ4n) is 1.19. The summed E-state index contributed by atoms with van der Waals surface area (Å²) >= 11 is 0. The maximum absolute atomic E-state index is 8.72. The van der Waals surface area contributed by atoms with E-state index in [1.54, 1.807) is 18.2 Å². The first-order chi connectivity index (χ1) is 7.77. The Bertz CT molecular complexity index is 372. The van der Waals surface area contributed by atoms with Crippen molar-refractivity contribution < 1.29 is 9.47 Å². The summed E-state index contributed by atoms with van der Waals surface area (Å²) in [6, 6.07) is 7.00. The highest BCUT2D eigenvalue weighted by molar-refractivity contribution is 5.55. The van der Waals surface area contributed by atoms with Gasteiger partial charge in [0.1, 0.15) is 12.4 Å². The molecule has 0 amide bonds. The van der Waals surface area contributed by atoms with E-state index in [1.807, 2.05) is 6.07 Å². The molecule has 0 heterocycles. The van der Waals surface area contributed by atoms with Crippen LogP contribution in [-0.2, 0) is 4.74 Å². The second kappa shape index (κ2) is 6.70. The topological polar surface area (TPSA) is 68.3 Å². The number of ether oxygens (including phenoxy) is 2. The molecule has 2 N–H and O–H groups in total. The quantitative estimate of drug-likeness (QED) is 0.587. The van der Waals surface area contributed by atoms with Crippen molar-refractivity contribution in [1.29, 1.82) is 5.26 Å². The molecule has 1 rings (SSSR count). The van der Waals surface area contributed by atoms with Gasteiger partial charge in [-0.25, -0.2) is 0 Å². The number of nitrogens with zero attached hydrogens (tertiary/aromatic N) is 1. The van der Waals surface area contributed by atoms with E-state index in [4.69, 9.17) is 20.5 Å². The summed E-state index contributed by atoms with van der Waals surface area (Å²) in [6.07, 6.45) is 0.992. The molecule has 0 aliphatic rings. The van der Waals surface area contributed by atoms with E-state index >= 15 is 0 Å². The number of hydrogen-bond acceptors (Lipinski definition) is 4. The van der Waals surface area contributed by atoms with Crippen LogP contribution in [-0.4, -0.2) is 19.8 Å². The van der Waals surface area contributed by atoms with Crippen molar-refractivity contribution in [3.63, 3.8) is 0 Å². The van der Waals surface area contributed by atoms with Gasteiger partial charge in [0.25, 0.3) is 0 Å². The van der Waals surface area contributed by atoms with Gasteiger partial charge in [-0.2, -0.15) is 5.26 Å². The number of anilines is 1. The number of nitrogen functional groups attached to an aromatic ring is 1. The molecule has 0 bridgehead atoms. The average molecular weight is 220 g/mol. The first-order valence-corrected chi connectivity index (χ1v) is 5.28. The summed E-state index contributed by atoms with van der Waals surface area (Å²) in [5.41, 5.74) is 6.79. The molecule has 0 saturated carbocycles. The molecule has 1 aromatic rings. The Hall–Kier alpha value is -1.73. The number of benzene rings is 1. The van der Waals surface area contributed by atoms with Crippen LogP contribution in [0.2, 0.25) is 0 Å². The smallest absolute Gasteiger partial charge is 0.143 e. The van der Waals surface area contributed by atoms with Crippen molar-refractivity contribution in [3.05, 3.63) is 23.8 Å². The van der Waals surface area contributed by atoms with E-state index in [2.05, 4.69) is 6.92 Å². The lowest BCUT2D eigenvalue weighted by Crippen LogP contribution is -2.08. The van der Waals surface area contributed by atoms with Gasteiger partial charge in [0, 0.05) is 12.7 Å². The molecular weight excluding hydrogens is 204 g/mol. The van der Waals surface area contributed by atoms with E-state index in [-0.39, 0.29) is 0 Å². The molecule has 0 radical (unpaired) electrons. The Labute approximate surface area is 95.6 Å². The molecule has 0 aliphatic heterocycles. The Morgan fingerprint density at radius 3 is 2.81 bits per heavy atom. The van der Waals surface area contributed by atoms with Gasteiger partial charge in [-0.05, 0) is 18.6 Å². The highest BCUT2D eigenvalue weighted by Gasteiger charge is 2.01. The molecule has 0 aromatic heterocycles. The maximum Gasteiger partial charge on any atom is 0.143 e. The van der Waals surface area contributed by atoms with Crippen LogP contribution >= 0.6 is 0 Å². The number of nitriles is 1. The SMILES string of the molecule is CCCOCCOc1cc(C#N)ccc1N. The number of hydrogen-bond donors (Lipinski definition) is 1. The van der Waals surface area contributed by atoms with Crippen LogP contribution in [0.4, 0.5) is 5.69 Å². The van der Waals surface area contributed by atoms with Crippen LogP contribution in [0, 0.1) is 11.3 Å². The van der Waals surface area contributed by atoms with Crippen LogP contribution in [0.1, 0.15) is 18.9 Å². The molecule has 0 aliphatic carbocycles. The highest BCUT2D eigenvalue weighted by atomic mass is 16.5. The van der Waals surface area contributed by atoms with Crippen molar-refractivity contribution in [2.75, 3.05) is 25.6 Å². The first kappa shape index (κ1) is 12.3. The molecule has 1 aromatic carbocycles. The third kappa shape index (κ3) is 3.79. The van der Waals surface area contributed by atoms with Gasteiger partial charge in [-0.1, -0.05) is 6.92 Å². The minimum absolute atomic E-state index is 0.444. The zero-order chi connectivity index (χ0) is 11.8. The standard InChI is InChI=1S/C12H16N2O2/c1-2-5-15-6-7-16-12-8-10(9-13)3-4-11(12)14/h3-4,8H,2,5-7,14H2,1H3. The summed E-state index contributed by atoms with van der Waals surface area (Å²) < 4.78 is 10.7. The summed E-state index contributed by atoms with van der Waals surface area (Å²) in [5.74, 6) is 0.541. The van der Waals surface area contributed by atoms with Crippen LogP contribution in [0.15, 0.2) is 18.2 Å². The fraction of sp³-hybridized carbons (Fsp3) is 0.417. The summed E-state index contributed by atoms with van der Waals surface area (Å²) in [7, 11) is 0. The number of rotatable bonds is 6. The van der Waals surface area contributed by atoms with Crippen LogP contribution in [0.5, 0.6) is 5.75 Å². The minimum Gasteiger partial charge on any atom is -0.489 e. The second-order valence-electron chi connectivity index (χ2n) is 3.33. The van der Waals surface area contributed by atoms with Crippen molar-refractivity contribution in [1.82, 2.24) is 0 Å². The lowest BCUT2D eigenvalue weighted by Gasteiger charge is -2.09. The summed E-state index contributed by atoms with van der Waals surface area (Å²) in [4.78, 5) is 0. The van der Waals surface area contributed by atoms with E-state index in [0.717, 1.165) is 13.0 Å². The fourth-order valence-corrected chi connectivity index (χ4v) is 1.19. The predicted octanol–water partition coefficient (Wildman–Crippen LogP) is 1.95. The molecule has 0 unspecified atom stereocenters. The van der Waals surface area contributed by atoms with Crippen molar-refractivity contribution in [3.8, 4) is 11.8 Å². The Balaban J connectivity index is 2.44. The predicted molar refractivity (Wildman–Crippen MR) is 62.2 cm³/mol. The largest absolute Gasteiger partial charge is 0.489 e. The van der Waals surface area contributed by atoms with E-state index in [1.165, 1.54) is 0 Å². The van der Waals surface area contributed by atoms with Gasteiger partial charge in [-0.15, -0.1) is 0 Å². The zero-order valence-electron chi connectivity index (χ0n) is 9.40. The third-order valence-corrected chi connectivity index (χ3v) is 1.98. The molecule has 0 saturated heterocycles. The van der Waals surface area contributed by atoms with E-state index < -0.39 is 0 Å². The lowest BCUT2D eigenvalue weighted by molar-refractivity contribution is 0.101. The molecule has 4 nitrogen and oxygen atoms in total. The maximum atomic E-state index is 8.72. The molecule has 0 atom stereocenters. The van der Waals surface area contributed by atoms with Gasteiger partial charge in [0.05, 0.1) is 23.9 Å². The van der Waals surface area contributed by atoms with Gasteiger partial charge in [0.15, 0.2) is 0 Å². The van der Waals surface area contributed by atoms with Gasteiger partial charge in [-0.3, -0.25) is 0 Å². The van der Waals surface area contributed by atoms with Gasteiger partial charge >= 0.3 is 0 Å². The monoisotopic (exact) mass is 220 g/mol. The lowest BCUT2D eigenvalue weighted by atomic mass is 10.2. The first-order valence-electron chi connectivity index (χ1n) is 5.28. The van der Waals surface area contributed by atoms with E-state index in [9.17, 15) is 0 Å². The second-order valence-corrected chi connectivity index (χ2v) is 3.33. The highest BCUT2D eigenvalue weighted by Crippen LogP contribution is 2.22. The van der Waals surface area contributed by atoms with Crippen LogP contribution in [0.3, 0.4) is 0 Å². The summed E-state index contributed by atoms with van der Waals surface area (Å²) in [5, 5.41) is 8.72. The van der Waals surface area contributed by atoms with Crippen molar-refractivity contribution in [2.24, 2.45) is 0 Å². The molecule has 86 valence electrons. The molecular formula is C12H16N2O2. The zero-order valence-corrected chi connectivity index (χ0v) is 9.40. The van der Waals surface area contributed by atoms with Crippen LogP contribution < -0.4 is 10.5 Å². The Kier molecular flexibility index (Phi) is 5.17. The third-order valence-electron chi connectivity index (χ3n) is 1.98. The summed E-state index contributed by atoms with van der Waals surface area (Å²) in [6.45, 7) is 3.76. The van der Waals surface area contributed by atoms with Crippen molar-refractivity contribution >= 4 is 5.69 Å². The Morgan fingerprint density at radius 1 is 1.31 bits per heavy atom. The van der Waals surface area contributed by atoms with Crippen LogP contribution in [0.25, 0.3) is 0 Å². The van der Waals surface area contributed by atoms with Gasteiger partial charge in [0.2, 0.25) is 0 Å². The average Bonchev–Trinajstić information content (AvgIpc) is 2.31. The van der Waals surface area contributed by atoms with E-state index in [0.29, 0.717) is 30.2 Å². The number of nitrogens with two attached hydrogens (primary N) is 1. The van der Waals surface area contributed by atoms with Gasteiger partial charge < -0.3 is 15.2 Å². The molecule has 16 heavy (non-hydrogen) atoms.